The minimum Gasteiger partial charge on any atom is -0.395 e. The smallest absolute Gasteiger partial charge is 0.0523 e. The van der Waals surface area contributed by atoms with Crippen molar-refractivity contribution >= 4 is 23.5 Å². The summed E-state index contributed by atoms with van der Waals surface area (Å²) in [6, 6.07) is 4.45. The Kier molecular flexibility index (Phi) is 4.77. The van der Waals surface area contributed by atoms with Crippen LogP contribution >= 0.6 is 23.5 Å². The quantitative estimate of drug-likeness (QED) is 0.829. The molecular formula is C13H20OS2. The van der Waals surface area contributed by atoms with Crippen molar-refractivity contribution in [2.45, 2.75) is 36.0 Å². The molecule has 0 amide bonds. The lowest BCUT2D eigenvalue weighted by molar-refractivity contribution is 0.216. The molecule has 1 aromatic rings. The van der Waals surface area contributed by atoms with Gasteiger partial charge >= 0.3 is 0 Å². The summed E-state index contributed by atoms with van der Waals surface area (Å²) in [5, 5.41) is 9.48. The summed E-state index contributed by atoms with van der Waals surface area (Å²) in [5.74, 6) is 0. The Morgan fingerprint density at radius 2 is 1.69 bits per heavy atom. The predicted molar refractivity (Wildman–Crippen MR) is 74.9 cm³/mol. The molecule has 0 bridgehead atoms. The second-order valence-corrected chi connectivity index (χ2v) is 6.26. The zero-order valence-corrected chi connectivity index (χ0v) is 12.3. The summed E-state index contributed by atoms with van der Waals surface area (Å²) >= 11 is 3.52. The first-order valence-electron chi connectivity index (χ1n) is 5.30. The van der Waals surface area contributed by atoms with E-state index >= 15 is 0 Å². The number of aliphatic hydroxyl groups is 1. The molecule has 0 saturated heterocycles. The molecule has 0 radical (unpaired) electrons. The highest BCUT2D eigenvalue weighted by molar-refractivity contribution is 7.99. The van der Waals surface area contributed by atoms with Crippen molar-refractivity contribution in [3.63, 3.8) is 0 Å². The molecule has 0 spiro atoms. The monoisotopic (exact) mass is 256 g/mol. The van der Waals surface area contributed by atoms with Crippen molar-refractivity contribution in [3.8, 4) is 0 Å². The number of hydrogen-bond acceptors (Lipinski definition) is 3. The molecule has 1 aromatic carbocycles. The molecule has 1 nitrogen and oxygen atoms in total. The van der Waals surface area contributed by atoms with E-state index < -0.39 is 0 Å². The third kappa shape index (κ3) is 2.76. The standard InChI is InChI=1S/C13H20OS2/c1-9-6-12(16-5)10(7-11(9)15-4)13(2,3)8-14/h6-7,14H,8H2,1-5H3. The van der Waals surface area contributed by atoms with Gasteiger partial charge in [0.05, 0.1) is 6.61 Å². The first-order chi connectivity index (χ1) is 7.46. The van der Waals surface area contributed by atoms with Gasteiger partial charge in [-0.15, -0.1) is 23.5 Å². The maximum Gasteiger partial charge on any atom is 0.0523 e. The summed E-state index contributed by atoms with van der Waals surface area (Å²) in [6.45, 7) is 6.49. The van der Waals surface area contributed by atoms with Gasteiger partial charge in [0.25, 0.3) is 0 Å². The number of benzene rings is 1. The summed E-state index contributed by atoms with van der Waals surface area (Å²) < 4.78 is 0. The highest BCUT2D eigenvalue weighted by Gasteiger charge is 2.23. The largest absolute Gasteiger partial charge is 0.395 e. The van der Waals surface area contributed by atoms with Crippen LogP contribution < -0.4 is 0 Å². The van der Waals surface area contributed by atoms with Crippen LogP contribution in [-0.2, 0) is 5.41 Å². The minimum atomic E-state index is -0.170. The normalized spacial score (nSPS) is 11.9. The average molecular weight is 256 g/mol. The topological polar surface area (TPSA) is 20.2 Å². The fraction of sp³-hybridized carbons (Fsp3) is 0.538. The summed E-state index contributed by atoms with van der Waals surface area (Å²) in [4.78, 5) is 2.57. The van der Waals surface area contributed by atoms with Gasteiger partial charge in [-0.2, -0.15) is 0 Å². The van der Waals surface area contributed by atoms with Gasteiger partial charge in [0.15, 0.2) is 0 Å². The van der Waals surface area contributed by atoms with Crippen LogP contribution in [0.4, 0.5) is 0 Å². The van der Waals surface area contributed by atoms with Crippen molar-refractivity contribution in [1.29, 1.82) is 0 Å². The zero-order chi connectivity index (χ0) is 12.3. The molecule has 0 atom stereocenters. The van der Waals surface area contributed by atoms with Crippen LogP contribution in [0.5, 0.6) is 0 Å². The number of hydrogen-bond donors (Lipinski definition) is 1. The third-order valence-corrected chi connectivity index (χ3v) is 4.50. The Balaban J connectivity index is 3.36. The van der Waals surface area contributed by atoms with E-state index in [1.54, 1.807) is 23.5 Å². The van der Waals surface area contributed by atoms with E-state index in [1.807, 2.05) is 0 Å². The van der Waals surface area contributed by atoms with Crippen LogP contribution in [0.15, 0.2) is 21.9 Å². The van der Waals surface area contributed by atoms with E-state index in [-0.39, 0.29) is 12.0 Å². The number of aryl methyl sites for hydroxylation is 1. The van der Waals surface area contributed by atoms with E-state index in [0.717, 1.165) is 0 Å². The molecule has 0 aliphatic carbocycles. The summed E-state index contributed by atoms with van der Waals surface area (Å²) in [7, 11) is 0. The van der Waals surface area contributed by atoms with Crippen LogP contribution in [0, 0.1) is 6.92 Å². The Labute approximate surface area is 107 Å². The minimum absolute atomic E-state index is 0.170. The lowest BCUT2D eigenvalue weighted by Gasteiger charge is -2.26. The molecule has 16 heavy (non-hydrogen) atoms. The fourth-order valence-corrected chi connectivity index (χ4v) is 3.13. The van der Waals surface area contributed by atoms with Crippen LogP contribution in [0.1, 0.15) is 25.0 Å². The second-order valence-electron chi connectivity index (χ2n) is 4.56. The number of rotatable bonds is 4. The van der Waals surface area contributed by atoms with Gasteiger partial charge in [-0.3, -0.25) is 0 Å². The molecule has 1 N–H and O–H groups in total. The lowest BCUT2D eigenvalue weighted by Crippen LogP contribution is -2.23. The number of aliphatic hydroxyl groups excluding tert-OH is 1. The Bertz CT molecular complexity index is 372. The van der Waals surface area contributed by atoms with E-state index in [9.17, 15) is 5.11 Å². The average Bonchev–Trinajstić information content (AvgIpc) is 2.28. The maximum absolute atomic E-state index is 9.48. The van der Waals surface area contributed by atoms with Crippen molar-refractivity contribution in [1.82, 2.24) is 0 Å². The maximum atomic E-state index is 9.48. The van der Waals surface area contributed by atoms with E-state index in [2.05, 4.69) is 45.4 Å². The molecule has 0 fully saturated rings. The molecule has 1 rings (SSSR count). The van der Waals surface area contributed by atoms with Crippen LogP contribution in [-0.4, -0.2) is 24.2 Å². The number of thioether (sulfide) groups is 2. The Morgan fingerprint density at radius 3 is 2.12 bits per heavy atom. The van der Waals surface area contributed by atoms with Gasteiger partial charge in [0, 0.05) is 15.2 Å². The predicted octanol–water partition coefficient (Wildman–Crippen LogP) is 3.71. The molecule has 0 aliphatic rings. The van der Waals surface area contributed by atoms with Gasteiger partial charge in [0.2, 0.25) is 0 Å². The lowest BCUT2D eigenvalue weighted by atomic mass is 9.85. The molecule has 3 heteroatoms. The van der Waals surface area contributed by atoms with Gasteiger partial charge in [-0.05, 0) is 42.7 Å². The van der Waals surface area contributed by atoms with Crippen LogP contribution in [0.2, 0.25) is 0 Å². The van der Waals surface area contributed by atoms with Gasteiger partial charge in [0.1, 0.15) is 0 Å². The van der Waals surface area contributed by atoms with Gasteiger partial charge in [-0.1, -0.05) is 13.8 Å². The Hall–Kier alpha value is -0.120. The Morgan fingerprint density at radius 1 is 1.12 bits per heavy atom. The zero-order valence-electron chi connectivity index (χ0n) is 10.6. The molecular weight excluding hydrogens is 236 g/mol. The molecule has 0 heterocycles. The van der Waals surface area contributed by atoms with E-state index in [1.165, 1.54) is 20.9 Å². The van der Waals surface area contributed by atoms with Gasteiger partial charge in [-0.25, -0.2) is 0 Å². The molecule has 0 saturated carbocycles. The highest BCUT2D eigenvalue weighted by atomic mass is 32.2. The van der Waals surface area contributed by atoms with E-state index in [4.69, 9.17) is 0 Å². The molecule has 0 aromatic heterocycles. The van der Waals surface area contributed by atoms with E-state index in [0.29, 0.717) is 0 Å². The second kappa shape index (κ2) is 5.48. The van der Waals surface area contributed by atoms with Gasteiger partial charge < -0.3 is 5.11 Å². The third-order valence-electron chi connectivity index (χ3n) is 2.84. The first kappa shape index (κ1) is 13.9. The van der Waals surface area contributed by atoms with Crippen molar-refractivity contribution in [3.05, 3.63) is 23.3 Å². The van der Waals surface area contributed by atoms with Crippen molar-refractivity contribution in [2.75, 3.05) is 19.1 Å². The van der Waals surface area contributed by atoms with Crippen molar-refractivity contribution < 1.29 is 5.11 Å². The fourth-order valence-electron chi connectivity index (χ4n) is 1.66. The molecule has 0 aliphatic heterocycles. The SMILES string of the molecule is CSc1cc(C(C)(C)CO)c(SC)cc1C. The first-order valence-corrected chi connectivity index (χ1v) is 7.75. The van der Waals surface area contributed by atoms with Crippen LogP contribution in [0.25, 0.3) is 0 Å². The van der Waals surface area contributed by atoms with Crippen LogP contribution in [0.3, 0.4) is 0 Å². The highest BCUT2D eigenvalue weighted by Crippen LogP contribution is 2.36. The molecule has 0 unspecified atom stereocenters. The van der Waals surface area contributed by atoms with Crippen molar-refractivity contribution in [2.24, 2.45) is 0 Å². The molecule has 90 valence electrons. The summed E-state index contributed by atoms with van der Waals surface area (Å²) in [6.07, 6.45) is 4.18. The summed E-state index contributed by atoms with van der Waals surface area (Å²) in [5.41, 5.74) is 2.39.